The van der Waals surface area contributed by atoms with Crippen LogP contribution in [0.5, 0.6) is 5.75 Å². The molecule has 0 aromatic carbocycles. The van der Waals surface area contributed by atoms with E-state index in [0.717, 1.165) is 63.0 Å². The molecule has 168 valence electrons. The van der Waals surface area contributed by atoms with Crippen LogP contribution in [-0.2, 0) is 11.6 Å². The standard InChI is InChI=1S/C22H26ClF3N4O/c1-14(2)31-16-12-28-19(23)30-18(16)29-13-20-5-8-21(9-6-20,10-7-20)17-4-3-15(11-27-17)22(24,25)26/h3-4,11-12,14H,5-10,13H2,1-2H3,(H,28,29,30). The summed E-state index contributed by atoms with van der Waals surface area (Å²) in [6, 6.07) is 2.72. The summed E-state index contributed by atoms with van der Waals surface area (Å²) in [7, 11) is 0. The smallest absolute Gasteiger partial charge is 0.417 e. The molecule has 9 heteroatoms. The summed E-state index contributed by atoms with van der Waals surface area (Å²) in [5, 5.41) is 3.58. The summed E-state index contributed by atoms with van der Waals surface area (Å²) in [5.41, 5.74) is 0.105. The molecule has 0 amide bonds. The first-order chi connectivity index (χ1) is 14.6. The Kier molecular flexibility index (Phi) is 5.79. The predicted molar refractivity (Wildman–Crippen MR) is 112 cm³/mol. The lowest BCUT2D eigenvalue weighted by Crippen LogP contribution is -2.47. The minimum Gasteiger partial charge on any atom is -0.486 e. The molecule has 5 rings (SSSR count). The van der Waals surface area contributed by atoms with Crippen molar-refractivity contribution in [2.75, 3.05) is 11.9 Å². The summed E-state index contributed by atoms with van der Waals surface area (Å²) in [6.45, 7) is 4.62. The largest absolute Gasteiger partial charge is 0.486 e. The summed E-state index contributed by atoms with van der Waals surface area (Å²) in [4.78, 5) is 12.5. The zero-order valence-corrected chi connectivity index (χ0v) is 18.4. The third kappa shape index (κ3) is 4.59. The van der Waals surface area contributed by atoms with Crippen molar-refractivity contribution in [1.82, 2.24) is 15.0 Å². The molecular weight excluding hydrogens is 429 g/mol. The molecule has 0 spiro atoms. The van der Waals surface area contributed by atoms with Crippen LogP contribution in [0.15, 0.2) is 24.5 Å². The van der Waals surface area contributed by atoms with Gasteiger partial charge in [-0.2, -0.15) is 18.2 Å². The van der Waals surface area contributed by atoms with Crippen LogP contribution in [0.3, 0.4) is 0 Å². The number of hydrogen-bond donors (Lipinski definition) is 1. The number of rotatable bonds is 6. The van der Waals surface area contributed by atoms with E-state index in [0.29, 0.717) is 11.6 Å². The predicted octanol–water partition coefficient (Wildman–Crippen LogP) is 6.04. The number of ether oxygens (including phenoxy) is 1. The molecule has 0 saturated heterocycles. The number of fused-ring (bicyclic) bond motifs is 3. The van der Waals surface area contributed by atoms with Crippen molar-refractivity contribution >= 4 is 17.4 Å². The van der Waals surface area contributed by atoms with Gasteiger partial charge in [0.05, 0.1) is 17.9 Å². The van der Waals surface area contributed by atoms with Gasteiger partial charge in [-0.05, 0) is 81.5 Å². The fourth-order valence-electron chi connectivity index (χ4n) is 4.88. The Morgan fingerprint density at radius 1 is 1.06 bits per heavy atom. The molecule has 5 nitrogen and oxygen atoms in total. The van der Waals surface area contributed by atoms with E-state index >= 15 is 0 Å². The van der Waals surface area contributed by atoms with Crippen LogP contribution >= 0.6 is 11.6 Å². The molecule has 0 radical (unpaired) electrons. The zero-order chi connectivity index (χ0) is 22.3. The average molecular weight is 455 g/mol. The lowest BCUT2D eigenvalue weighted by molar-refractivity contribution is -0.137. The first-order valence-corrected chi connectivity index (χ1v) is 11.0. The number of hydrogen-bond acceptors (Lipinski definition) is 5. The fourth-order valence-corrected chi connectivity index (χ4v) is 5.01. The Labute approximate surface area is 184 Å². The highest BCUT2D eigenvalue weighted by Crippen LogP contribution is 2.57. The Bertz CT molecular complexity index is 909. The number of nitrogens with one attached hydrogen (secondary N) is 1. The molecule has 2 aromatic heterocycles. The number of aromatic nitrogens is 3. The topological polar surface area (TPSA) is 59.9 Å². The molecular formula is C22H26ClF3N4O. The maximum atomic E-state index is 12.9. The lowest BCUT2D eigenvalue weighted by Gasteiger charge is -2.53. The zero-order valence-electron chi connectivity index (χ0n) is 17.6. The van der Waals surface area contributed by atoms with Crippen molar-refractivity contribution < 1.29 is 17.9 Å². The van der Waals surface area contributed by atoms with E-state index in [1.54, 1.807) is 12.3 Å². The fraction of sp³-hybridized carbons (Fsp3) is 0.591. The van der Waals surface area contributed by atoms with E-state index in [1.165, 1.54) is 0 Å². The van der Waals surface area contributed by atoms with Gasteiger partial charge in [0, 0.05) is 23.9 Å². The van der Waals surface area contributed by atoms with Crippen molar-refractivity contribution in [3.63, 3.8) is 0 Å². The van der Waals surface area contributed by atoms with Crippen LogP contribution < -0.4 is 10.1 Å². The molecule has 3 saturated carbocycles. The van der Waals surface area contributed by atoms with Crippen LogP contribution in [0.25, 0.3) is 0 Å². The monoisotopic (exact) mass is 454 g/mol. The molecule has 3 fully saturated rings. The SMILES string of the molecule is CC(C)Oc1cnc(Cl)nc1NCC12CCC(c3ccc(C(F)(F)F)cn3)(CC1)CC2. The van der Waals surface area contributed by atoms with Crippen LogP contribution in [0, 0.1) is 5.41 Å². The van der Waals surface area contributed by atoms with Gasteiger partial charge in [0.2, 0.25) is 5.28 Å². The second-order valence-electron chi connectivity index (χ2n) is 9.08. The van der Waals surface area contributed by atoms with Gasteiger partial charge in [-0.1, -0.05) is 0 Å². The molecule has 2 heterocycles. The maximum absolute atomic E-state index is 12.9. The lowest BCUT2D eigenvalue weighted by atomic mass is 9.52. The second-order valence-corrected chi connectivity index (χ2v) is 9.42. The maximum Gasteiger partial charge on any atom is 0.417 e. The Hall–Kier alpha value is -2.09. The van der Waals surface area contributed by atoms with Gasteiger partial charge >= 0.3 is 6.18 Å². The van der Waals surface area contributed by atoms with Crippen LogP contribution in [0.2, 0.25) is 5.28 Å². The summed E-state index contributed by atoms with van der Waals surface area (Å²) in [6.07, 6.45) is 3.92. The molecule has 3 aliphatic carbocycles. The van der Waals surface area contributed by atoms with Crippen LogP contribution in [0.4, 0.5) is 19.0 Å². The summed E-state index contributed by atoms with van der Waals surface area (Å²) < 4.78 is 44.4. The van der Waals surface area contributed by atoms with Gasteiger partial charge in [0.25, 0.3) is 0 Å². The molecule has 0 unspecified atom stereocenters. The number of nitrogens with zero attached hydrogens (tertiary/aromatic N) is 3. The quantitative estimate of drug-likeness (QED) is 0.539. The van der Waals surface area contributed by atoms with Crippen molar-refractivity contribution in [2.24, 2.45) is 5.41 Å². The van der Waals surface area contributed by atoms with Gasteiger partial charge in [-0.3, -0.25) is 4.98 Å². The first kappa shape index (κ1) is 22.1. The molecule has 0 aliphatic heterocycles. The average Bonchev–Trinajstić information content (AvgIpc) is 2.74. The van der Waals surface area contributed by atoms with Crippen LogP contribution in [0.1, 0.15) is 63.6 Å². The van der Waals surface area contributed by atoms with Crippen molar-refractivity contribution in [2.45, 2.75) is 70.1 Å². The highest BCUT2D eigenvalue weighted by Gasteiger charge is 2.50. The summed E-state index contributed by atoms with van der Waals surface area (Å²) >= 11 is 5.98. The Morgan fingerprint density at radius 2 is 1.74 bits per heavy atom. The minimum absolute atomic E-state index is 0.00954. The van der Waals surface area contributed by atoms with E-state index in [2.05, 4.69) is 20.3 Å². The number of halogens is 4. The minimum atomic E-state index is -4.36. The third-order valence-corrected chi connectivity index (χ3v) is 6.94. The third-order valence-electron chi connectivity index (χ3n) is 6.76. The number of pyridine rings is 1. The Balaban J connectivity index is 1.43. The van der Waals surface area contributed by atoms with E-state index in [9.17, 15) is 13.2 Å². The molecule has 2 bridgehead atoms. The Morgan fingerprint density at radius 3 is 2.29 bits per heavy atom. The van der Waals surface area contributed by atoms with Gasteiger partial charge in [0.1, 0.15) is 0 Å². The van der Waals surface area contributed by atoms with Crippen molar-refractivity contribution in [3.05, 3.63) is 41.1 Å². The van der Waals surface area contributed by atoms with E-state index < -0.39 is 11.7 Å². The molecule has 0 atom stereocenters. The molecule has 3 aliphatic rings. The van der Waals surface area contributed by atoms with Crippen molar-refractivity contribution in [3.8, 4) is 5.75 Å². The van der Waals surface area contributed by atoms with Crippen molar-refractivity contribution in [1.29, 1.82) is 0 Å². The van der Waals surface area contributed by atoms with Gasteiger partial charge in [-0.15, -0.1) is 0 Å². The van der Waals surface area contributed by atoms with Crippen LogP contribution in [-0.4, -0.2) is 27.6 Å². The van der Waals surface area contributed by atoms with Gasteiger partial charge in [0.15, 0.2) is 11.6 Å². The number of anilines is 1. The normalized spacial score (nSPS) is 25.6. The summed E-state index contributed by atoms with van der Waals surface area (Å²) in [5.74, 6) is 1.17. The highest BCUT2D eigenvalue weighted by molar-refractivity contribution is 6.28. The van der Waals surface area contributed by atoms with E-state index in [-0.39, 0.29) is 22.2 Å². The highest BCUT2D eigenvalue weighted by atomic mass is 35.5. The first-order valence-electron chi connectivity index (χ1n) is 10.6. The second kappa shape index (κ2) is 8.11. The van der Waals surface area contributed by atoms with E-state index in [4.69, 9.17) is 16.3 Å². The molecule has 1 N–H and O–H groups in total. The van der Waals surface area contributed by atoms with E-state index in [1.807, 2.05) is 13.8 Å². The van der Waals surface area contributed by atoms with Gasteiger partial charge < -0.3 is 10.1 Å². The van der Waals surface area contributed by atoms with Gasteiger partial charge in [-0.25, -0.2) is 4.98 Å². The number of alkyl halides is 3. The molecule has 31 heavy (non-hydrogen) atoms. The molecule has 2 aromatic rings.